The van der Waals surface area contributed by atoms with Gasteiger partial charge in [-0.1, -0.05) is 18.2 Å². The average Bonchev–Trinajstić information content (AvgIpc) is 3.65. The molecule has 2 atom stereocenters. The van der Waals surface area contributed by atoms with Crippen molar-refractivity contribution in [2.45, 2.75) is 43.8 Å². The van der Waals surface area contributed by atoms with E-state index in [2.05, 4.69) is 27.8 Å². The third kappa shape index (κ3) is 4.25. The van der Waals surface area contributed by atoms with Crippen molar-refractivity contribution >= 4 is 16.8 Å². The maximum Gasteiger partial charge on any atom is 0.318 e. The molecular formula is C25H29N5O2. The van der Waals surface area contributed by atoms with E-state index in [1.165, 1.54) is 0 Å². The van der Waals surface area contributed by atoms with Gasteiger partial charge in [0.2, 0.25) is 0 Å². The second kappa shape index (κ2) is 8.74. The molecule has 7 heteroatoms. The van der Waals surface area contributed by atoms with Crippen LogP contribution in [0.1, 0.15) is 36.3 Å². The lowest BCUT2D eigenvalue weighted by molar-refractivity contribution is 0.183. The number of aromatic nitrogens is 2. The number of aryl methyl sites for hydroxylation is 1. The third-order valence-electron chi connectivity index (χ3n) is 6.71. The number of nitrogens with one attached hydrogen (secondary N) is 2. The standard InChI is InChI=1S/C25H29N5O2/c1-29-12-9-18(13-24(29)31)21-8-11-27-15-23(21)28-25(32)30(20-5-6-20)16-19-4-2-3-17-7-10-26-14-22(17)19/h2-4,7,9-10,12-14,20-21,23,27H,5-6,8,11,15-16H2,1H3,(H,28,32)/t21-,23+/m0/s1. The minimum absolute atomic E-state index is 0.0183. The van der Waals surface area contributed by atoms with E-state index in [0.29, 0.717) is 13.1 Å². The molecule has 3 aromatic rings. The van der Waals surface area contributed by atoms with E-state index in [4.69, 9.17) is 0 Å². The van der Waals surface area contributed by atoms with Gasteiger partial charge in [-0.25, -0.2) is 4.79 Å². The Labute approximate surface area is 187 Å². The van der Waals surface area contributed by atoms with Crippen LogP contribution in [0.2, 0.25) is 0 Å². The molecule has 1 aliphatic heterocycles. The predicted molar refractivity (Wildman–Crippen MR) is 125 cm³/mol. The molecule has 3 heterocycles. The normalized spacial score (nSPS) is 20.8. The van der Waals surface area contributed by atoms with Crippen LogP contribution in [0.4, 0.5) is 4.79 Å². The number of hydrogen-bond acceptors (Lipinski definition) is 4. The molecule has 32 heavy (non-hydrogen) atoms. The number of carbonyl (C=O) groups excluding carboxylic acids is 1. The summed E-state index contributed by atoms with van der Waals surface area (Å²) >= 11 is 0. The number of piperidine rings is 1. The lowest BCUT2D eigenvalue weighted by Gasteiger charge is -2.35. The van der Waals surface area contributed by atoms with Crippen molar-refractivity contribution in [3.63, 3.8) is 0 Å². The van der Waals surface area contributed by atoms with Gasteiger partial charge >= 0.3 is 6.03 Å². The molecule has 7 nitrogen and oxygen atoms in total. The highest BCUT2D eigenvalue weighted by molar-refractivity contribution is 5.85. The average molecular weight is 432 g/mol. The van der Waals surface area contributed by atoms with Crippen molar-refractivity contribution < 1.29 is 4.79 Å². The molecule has 5 rings (SSSR count). The summed E-state index contributed by atoms with van der Waals surface area (Å²) < 4.78 is 1.58. The lowest BCUT2D eigenvalue weighted by atomic mass is 9.86. The number of hydrogen-bond donors (Lipinski definition) is 2. The summed E-state index contributed by atoms with van der Waals surface area (Å²) in [6.07, 6.45) is 8.45. The van der Waals surface area contributed by atoms with Gasteiger partial charge < -0.3 is 20.1 Å². The number of nitrogens with zero attached hydrogens (tertiary/aromatic N) is 3. The number of benzene rings is 1. The van der Waals surface area contributed by atoms with E-state index < -0.39 is 0 Å². The number of rotatable bonds is 5. The van der Waals surface area contributed by atoms with Crippen molar-refractivity contribution in [3.05, 3.63) is 76.5 Å². The quantitative estimate of drug-likeness (QED) is 0.651. The molecule has 1 aliphatic carbocycles. The van der Waals surface area contributed by atoms with E-state index in [1.54, 1.807) is 23.9 Å². The zero-order valence-electron chi connectivity index (χ0n) is 18.3. The van der Waals surface area contributed by atoms with E-state index in [-0.39, 0.29) is 29.6 Å². The first-order valence-corrected chi connectivity index (χ1v) is 11.4. The van der Waals surface area contributed by atoms with Crippen LogP contribution in [0.3, 0.4) is 0 Å². The van der Waals surface area contributed by atoms with Gasteiger partial charge in [0.1, 0.15) is 0 Å². The largest absolute Gasteiger partial charge is 0.333 e. The first-order valence-electron chi connectivity index (χ1n) is 11.4. The number of urea groups is 1. The van der Waals surface area contributed by atoms with Gasteiger partial charge in [0.05, 0.1) is 0 Å². The fraction of sp³-hybridized carbons (Fsp3) is 0.400. The molecule has 1 aromatic carbocycles. The minimum atomic E-state index is -0.0567. The van der Waals surface area contributed by atoms with E-state index in [1.807, 2.05) is 35.5 Å². The first-order chi connectivity index (χ1) is 15.6. The summed E-state index contributed by atoms with van der Waals surface area (Å²) in [6, 6.07) is 12.1. The van der Waals surface area contributed by atoms with Crippen molar-refractivity contribution in [2.24, 2.45) is 7.05 Å². The highest BCUT2D eigenvalue weighted by Crippen LogP contribution is 2.31. The Balaban J connectivity index is 1.36. The van der Waals surface area contributed by atoms with Crippen LogP contribution < -0.4 is 16.2 Å². The Kier molecular flexibility index (Phi) is 5.66. The maximum atomic E-state index is 13.4. The summed E-state index contributed by atoms with van der Waals surface area (Å²) in [4.78, 5) is 31.9. The first kappa shape index (κ1) is 20.7. The van der Waals surface area contributed by atoms with Gasteiger partial charge in [0, 0.05) is 68.2 Å². The summed E-state index contributed by atoms with van der Waals surface area (Å²) in [5.41, 5.74) is 2.09. The van der Waals surface area contributed by atoms with Gasteiger partial charge in [-0.2, -0.15) is 0 Å². The van der Waals surface area contributed by atoms with Gasteiger partial charge in [-0.3, -0.25) is 9.78 Å². The van der Waals surface area contributed by atoms with Crippen LogP contribution in [0.5, 0.6) is 0 Å². The molecule has 0 unspecified atom stereocenters. The Bertz CT molecular complexity index is 1180. The molecule has 2 aliphatic rings. The molecule has 0 spiro atoms. The van der Waals surface area contributed by atoms with Crippen molar-refractivity contribution in [1.29, 1.82) is 0 Å². The number of fused-ring (bicyclic) bond motifs is 1. The summed E-state index contributed by atoms with van der Waals surface area (Å²) in [5.74, 6) is 0.122. The fourth-order valence-electron chi connectivity index (χ4n) is 4.70. The summed E-state index contributed by atoms with van der Waals surface area (Å²) in [7, 11) is 1.75. The smallest absolute Gasteiger partial charge is 0.318 e. The second-order valence-electron chi connectivity index (χ2n) is 8.94. The maximum absolute atomic E-state index is 13.4. The third-order valence-corrected chi connectivity index (χ3v) is 6.71. The van der Waals surface area contributed by atoms with Crippen LogP contribution in [-0.2, 0) is 13.6 Å². The highest BCUT2D eigenvalue weighted by atomic mass is 16.2. The Morgan fingerprint density at radius 1 is 1.25 bits per heavy atom. The van der Waals surface area contributed by atoms with E-state index >= 15 is 0 Å². The fourth-order valence-corrected chi connectivity index (χ4v) is 4.70. The molecule has 166 valence electrons. The number of carbonyl (C=O) groups is 1. The molecule has 1 saturated carbocycles. The Morgan fingerprint density at radius 3 is 2.94 bits per heavy atom. The molecule has 0 radical (unpaired) electrons. The number of pyridine rings is 2. The van der Waals surface area contributed by atoms with Gasteiger partial charge in [-0.05, 0) is 54.5 Å². The zero-order chi connectivity index (χ0) is 22.1. The molecule has 2 N–H and O–H groups in total. The molecular weight excluding hydrogens is 402 g/mol. The summed E-state index contributed by atoms with van der Waals surface area (Å²) in [5, 5.41) is 8.91. The van der Waals surface area contributed by atoms with E-state index in [0.717, 1.165) is 47.7 Å². The molecule has 2 fully saturated rings. The van der Waals surface area contributed by atoms with Crippen LogP contribution in [0.25, 0.3) is 10.8 Å². The van der Waals surface area contributed by atoms with Gasteiger partial charge in [-0.15, -0.1) is 0 Å². The second-order valence-corrected chi connectivity index (χ2v) is 8.94. The Morgan fingerprint density at radius 2 is 2.12 bits per heavy atom. The minimum Gasteiger partial charge on any atom is -0.333 e. The SMILES string of the molecule is Cn1ccc([C@@H]2CCNC[C@H]2NC(=O)N(Cc2cccc3ccncc23)C2CC2)cc1=O. The summed E-state index contributed by atoms with van der Waals surface area (Å²) in [6.45, 7) is 2.14. The van der Waals surface area contributed by atoms with E-state index in [9.17, 15) is 9.59 Å². The van der Waals surface area contributed by atoms with Crippen LogP contribution in [0, 0.1) is 0 Å². The van der Waals surface area contributed by atoms with Crippen LogP contribution >= 0.6 is 0 Å². The topological polar surface area (TPSA) is 79.3 Å². The van der Waals surface area contributed by atoms with Crippen molar-refractivity contribution in [3.8, 4) is 0 Å². The van der Waals surface area contributed by atoms with Crippen LogP contribution in [0.15, 0.2) is 59.8 Å². The molecule has 2 aromatic heterocycles. The van der Waals surface area contributed by atoms with Gasteiger partial charge in [0.25, 0.3) is 5.56 Å². The molecule has 2 amide bonds. The predicted octanol–water partition coefficient (Wildman–Crippen LogP) is 2.75. The monoisotopic (exact) mass is 431 g/mol. The Hall–Kier alpha value is -3.19. The van der Waals surface area contributed by atoms with Crippen molar-refractivity contribution in [1.82, 2.24) is 25.1 Å². The number of amides is 2. The zero-order valence-corrected chi connectivity index (χ0v) is 18.3. The molecule has 0 bridgehead atoms. The lowest BCUT2D eigenvalue weighted by Crippen LogP contribution is -2.53. The van der Waals surface area contributed by atoms with Crippen LogP contribution in [-0.4, -0.2) is 45.7 Å². The molecule has 1 saturated heterocycles. The van der Waals surface area contributed by atoms with Crippen molar-refractivity contribution in [2.75, 3.05) is 13.1 Å². The van der Waals surface area contributed by atoms with Gasteiger partial charge in [0.15, 0.2) is 0 Å². The highest BCUT2D eigenvalue weighted by Gasteiger charge is 2.35.